The first-order valence-corrected chi connectivity index (χ1v) is 4.23. The van der Waals surface area contributed by atoms with E-state index in [9.17, 15) is 9.18 Å². The Morgan fingerprint density at radius 3 is 2.92 bits per heavy atom. The van der Waals surface area contributed by atoms with Gasteiger partial charge in [0.15, 0.2) is 0 Å². The van der Waals surface area contributed by atoms with Crippen molar-refractivity contribution < 1.29 is 13.9 Å². The molecule has 1 amide bonds. The standard InChI is InChI=1S/C8H14FNO2/c1-6-2-3-7(12-6)8(11)10-5-4-9/h6-7H,2-5H2,1H3,(H,10,11)/t6-,7-/m0/s1. The molecule has 1 aliphatic rings. The van der Waals surface area contributed by atoms with Crippen LogP contribution in [0.25, 0.3) is 0 Å². The van der Waals surface area contributed by atoms with Gasteiger partial charge in [-0.15, -0.1) is 0 Å². The van der Waals surface area contributed by atoms with E-state index in [-0.39, 0.29) is 24.7 Å². The first-order valence-electron chi connectivity index (χ1n) is 4.23. The predicted octanol–water partition coefficient (Wildman–Crippen LogP) is 0.640. The van der Waals surface area contributed by atoms with Crippen LogP contribution in [0, 0.1) is 0 Å². The van der Waals surface area contributed by atoms with Crippen molar-refractivity contribution in [2.75, 3.05) is 13.2 Å². The monoisotopic (exact) mass is 175 g/mol. The van der Waals surface area contributed by atoms with Crippen molar-refractivity contribution in [3.8, 4) is 0 Å². The highest BCUT2D eigenvalue weighted by atomic mass is 19.1. The lowest BCUT2D eigenvalue weighted by Crippen LogP contribution is -2.35. The molecule has 1 fully saturated rings. The van der Waals surface area contributed by atoms with E-state index in [1.807, 2.05) is 6.92 Å². The van der Waals surface area contributed by atoms with Gasteiger partial charge in [0.25, 0.3) is 0 Å². The Hall–Kier alpha value is -0.640. The molecule has 1 N–H and O–H groups in total. The summed E-state index contributed by atoms with van der Waals surface area (Å²) in [5.41, 5.74) is 0. The number of alkyl halides is 1. The fourth-order valence-corrected chi connectivity index (χ4v) is 1.28. The number of rotatable bonds is 3. The van der Waals surface area contributed by atoms with Gasteiger partial charge >= 0.3 is 0 Å². The SMILES string of the molecule is C[C@H]1CC[C@@H](C(=O)NCCF)O1. The molecule has 2 atom stereocenters. The molecule has 1 rings (SSSR count). The molecule has 0 spiro atoms. The highest BCUT2D eigenvalue weighted by molar-refractivity contribution is 5.80. The third-order valence-corrected chi connectivity index (χ3v) is 1.92. The number of ether oxygens (including phenoxy) is 1. The first-order chi connectivity index (χ1) is 5.74. The summed E-state index contributed by atoms with van der Waals surface area (Å²) in [4.78, 5) is 11.1. The molecule has 0 bridgehead atoms. The van der Waals surface area contributed by atoms with Crippen LogP contribution >= 0.6 is 0 Å². The lowest BCUT2D eigenvalue weighted by atomic mass is 10.2. The van der Waals surface area contributed by atoms with E-state index >= 15 is 0 Å². The molecule has 1 saturated heterocycles. The van der Waals surface area contributed by atoms with Crippen molar-refractivity contribution >= 4 is 5.91 Å². The number of hydrogen-bond acceptors (Lipinski definition) is 2. The molecule has 0 aromatic heterocycles. The van der Waals surface area contributed by atoms with Gasteiger partial charge in [-0.3, -0.25) is 4.79 Å². The molecular formula is C8H14FNO2. The summed E-state index contributed by atoms with van der Waals surface area (Å²) in [6.07, 6.45) is 1.46. The van der Waals surface area contributed by atoms with Crippen molar-refractivity contribution in [3.63, 3.8) is 0 Å². The average Bonchev–Trinajstić information content (AvgIpc) is 2.47. The number of hydrogen-bond donors (Lipinski definition) is 1. The van der Waals surface area contributed by atoms with E-state index < -0.39 is 6.67 Å². The van der Waals surface area contributed by atoms with Crippen molar-refractivity contribution in [3.05, 3.63) is 0 Å². The Morgan fingerprint density at radius 2 is 2.42 bits per heavy atom. The molecule has 0 aromatic carbocycles. The minimum atomic E-state index is -0.520. The highest BCUT2D eigenvalue weighted by Crippen LogP contribution is 2.18. The molecule has 0 saturated carbocycles. The van der Waals surface area contributed by atoms with E-state index in [4.69, 9.17) is 4.74 Å². The minimum Gasteiger partial charge on any atom is -0.365 e. The Kier molecular flexibility index (Phi) is 3.47. The summed E-state index contributed by atoms with van der Waals surface area (Å²) >= 11 is 0. The smallest absolute Gasteiger partial charge is 0.249 e. The van der Waals surface area contributed by atoms with Crippen molar-refractivity contribution in [1.29, 1.82) is 0 Å². The molecular weight excluding hydrogens is 161 g/mol. The normalized spacial score (nSPS) is 28.8. The van der Waals surface area contributed by atoms with Gasteiger partial charge in [-0.05, 0) is 19.8 Å². The topological polar surface area (TPSA) is 38.3 Å². The minimum absolute atomic E-state index is 0.0904. The molecule has 12 heavy (non-hydrogen) atoms. The Bertz CT molecular complexity index is 163. The fraction of sp³-hybridized carbons (Fsp3) is 0.875. The van der Waals surface area contributed by atoms with Crippen LogP contribution < -0.4 is 5.32 Å². The summed E-state index contributed by atoms with van der Waals surface area (Å²) in [5, 5.41) is 2.46. The lowest BCUT2D eigenvalue weighted by Gasteiger charge is -2.10. The summed E-state index contributed by atoms with van der Waals surface area (Å²) in [6.45, 7) is 1.50. The zero-order chi connectivity index (χ0) is 8.97. The first kappa shape index (κ1) is 9.45. The van der Waals surface area contributed by atoms with Gasteiger partial charge in [0, 0.05) is 6.54 Å². The maximum absolute atomic E-state index is 11.7. The predicted molar refractivity (Wildman–Crippen MR) is 42.6 cm³/mol. The number of amides is 1. The number of carbonyl (C=O) groups is 1. The average molecular weight is 175 g/mol. The van der Waals surface area contributed by atoms with Gasteiger partial charge < -0.3 is 10.1 Å². The van der Waals surface area contributed by atoms with Crippen LogP contribution in [0.2, 0.25) is 0 Å². The Balaban J connectivity index is 2.23. The van der Waals surface area contributed by atoms with Gasteiger partial charge in [-0.25, -0.2) is 4.39 Å². The second-order valence-corrected chi connectivity index (χ2v) is 2.99. The summed E-state index contributed by atoms with van der Waals surface area (Å²) in [6, 6.07) is 0. The zero-order valence-corrected chi connectivity index (χ0v) is 7.18. The Morgan fingerprint density at radius 1 is 1.67 bits per heavy atom. The van der Waals surface area contributed by atoms with Crippen LogP contribution in [0.5, 0.6) is 0 Å². The third-order valence-electron chi connectivity index (χ3n) is 1.92. The van der Waals surface area contributed by atoms with Gasteiger partial charge in [-0.2, -0.15) is 0 Å². The maximum atomic E-state index is 11.7. The van der Waals surface area contributed by atoms with E-state index in [0.29, 0.717) is 0 Å². The lowest BCUT2D eigenvalue weighted by molar-refractivity contribution is -0.131. The van der Waals surface area contributed by atoms with Crippen LogP contribution in [-0.4, -0.2) is 31.3 Å². The summed E-state index contributed by atoms with van der Waals surface area (Å²) in [7, 11) is 0. The van der Waals surface area contributed by atoms with Crippen molar-refractivity contribution in [2.45, 2.75) is 32.0 Å². The van der Waals surface area contributed by atoms with Gasteiger partial charge in [0.2, 0.25) is 5.91 Å². The summed E-state index contributed by atoms with van der Waals surface area (Å²) in [5.74, 6) is -0.183. The molecule has 0 aromatic rings. The second-order valence-electron chi connectivity index (χ2n) is 2.99. The summed E-state index contributed by atoms with van der Waals surface area (Å²) < 4.78 is 16.9. The van der Waals surface area contributed by atoms with Crippen molar-refractivity contribution in [2.24, 2.45) is 0 Å². The highest BCUT2D eigenvalue weighted by Gasteiger charge is 2.27. The van der Waals surface area contributed by atoms with Gasteiger partial charge in [-0.1, -0.05) is 0 Å². The molecule has 0 aliphatic carbocycles. The van der Waals surface area contributed by atoms with Crippen LogP contribution in [0.3, 0.4) is 0 Å². The van der Waals surface area contributed by atoms with E-state index in [1.54, 1.807) is 0 Å². The third kappa shape index (κ3) is 2.44. The molecule has 70 valence electrons. The van der Waals surface area contributed by atoms with Crippen LogP contribution in [0.1, 0.15) is 19.8 Å². The molecule has 4 heteroatoms. The molecule has 0 unspecified atom stereocenters. The van der Waals surface area contributed by atoms with Gasteiger partial charge in [0.1, 0.15) is 12.8 Å². The van der Waals surface area contributed by atoms with Crippen molar-refractivity contribution in [1.82, 2.24) is 5.32 Å². The van der Waals surface area contributed by atoms with Crippen LogP contribution in [0.4, 0.5) is 4.39 Å². The maximum Gasteiger partial charge on any atom is 0.249 e. The van der Waals surface area contributed by atoms with Crippen LogP contribution in [-0.2, 0) is 9.53 Å². The van der Waals surface area contributed by atoms with E-state index in [0.717, 1.165) is 12.8 Å². The number of halogens is 1. The number of nitrogens with one attached hydrogen (secondary N) is 1. The second kappa shape index (κ2) is 4.40. The molecule has 0 radical (unpaired) electrons. The molecule has 1 aliphatic heterocycles. The van der Waals surface area contributed by atoms with Gasteiger partial charge in [0.05, 0.1) is 6.10 Å². The van der Waals surface area contributed by atoms with Crippen LogP contribution in [0.15, 0.2) is 0 Å². The largest absolute Gasteiger partial charge is 0.365 e. The number of carbonyl (C=O) groups excluding carboxylic acids is 1. The zero-order valence-electron chi connectivity index (χ0n) is 7.18. The Labute approximate surface area is 71.3 Å². The molecule has 1 heterocycles. The van der Waals surface area contributed by atoms with E-state index in [2.05, 4.69) is 5.32 Å². The fourth-order valence-electron chi connectivity index (χ4n) is 1.28. The molecule has 3 nitrogen and oxygen atoms in total. The quantitative estimate of drug-likeness (QED) is 0.683. The van der Waals surface area contributed by atoms with E-state index in [1.165, 1.54) is 0 Å².